The smallest absolute Gasteiger partial charge is 0.236 e. The summed E-state index contributed by atoms with van der Waals surface area (Å²) in [6, 6.07) is 9.13. The minimum Gasteiger partial charge on any atom is -0.495 e. The van der Waals surface area contributed by atoms with E-state index in [0.717, 1.165) is 4.88 Å². The summed E-state index contributed by atoms with van der Waals surface area (Å²) in [6.45, 7) is 2.54. The fourth-order valence-corrected chi connectivity index (χ4v) is 4.17. The summed E-state index contributed by atoms with van der Waals surface area (Å²) < 4.78 is 10.9. The maximum absolute atomic E-state index is 13.3. The lowest BCUT2D eigenvalue weighted by atomic mass is 9.78. The van der Waals surface area contributed by atoms with Crippen molar-refractivity contribution in [3.63, 3.8) is 0 Å². The van der Waals surface area contributed by atoms with Crippen molar-refractivity contribution >= 4 is 34.5 Å². The molecular formula is C19H22N2O4S. The molecule has 0 atom stereocenters. The molecule has 26 heavy (non-hydrogen) atoms. The van der Waals surface area contributed by atoms with Crippen LogP contribution in [0.25, 0.3) is 0 Å². The highest BCUT2D eigenvalue weighted by molar-refractivity contribution is 7.10. The van der Waals surface area contributed by atoms with Gasteiger partial charge in [0.1, 0.15) is 5.75 Å². The molecule has 2 aromatic rings. The number of nitrogens with one attached hydrogen (secondary N) is 2. The molecule has 0 spiro atoms. The SMILES string of the molecule is COc1ccc(NC(C)=O)cc1NC(=O)C1(c2cccs2)CCOCC1. The molecule has 1 saturated heterocycles. The van der Waals surface area contributed by atoms with Gasteiger partial charge in [0.25, 0.3) is 0 Å². The molecule has 0 saturated carbocycles. The molecule has 3 rings (SSSR count). The predicted octanol–water partition coefficient (Wildman–Crippen LogP) is 3.40. The Labute approximate surface area is 156 Å². The van der Waals surface area contributed by atoms with Crippen molar-refractivity contribution < 1.29 is 19.1 Å². The Bertz CT molecular complexity index is 783. The summed E-state index contributed by atoms with van der Waals surface area (Å²) in [6.07, 6.45) is 1.26. The van der Waals surface area contributed by atoms with Gasteiger partial charge in [0.15, 0.2) is 0 Å². The van der Waals surface area contributed by atoms with E-state index in [1.807, 2.05) is 17.5 Å². The molecule has 2 amide bonds. The van der Waals surface area contributed by atoms with Crippen LogP contribution in [0.4, 0.5) is 11.4 Å². The Morgan fingerprint density at radius 2 is 1.96 bits per heavy atom. The van der Waals surface area contributed by atoms with Gasteiger partial charge >= 0.3 is 0 Å². The van der Waals surface area contributed by atoms with E-state index in [0.29, 0.717) is 43.2 Å². The molecule has 0 radical (unpaired) electrons. The number of benzene rings is 1. The van der Waals surface area contributed by atoms with Crippen molar-refractivity contribution in [2.75, 3.05) is 31.0 Å². The van der Waals surface area contributed by atoms with Crippen molar-refractivity contribution in [1.82, 2.24) is 0 Å². The quantitative estimate of drug-likeness (QED) is 0.841. The summed E-state index contributed by atoms with van der Waals surface area (Å²) in [5.74, 6) is 0.286. The van der Waals surface area contributed by atoms with Crippen LogP contribution in [-0.2, 0) is 19.7 Å². The fourth-order valence-electron chi connectivity index (χ4n) is 3.18. The minimum atomic E-state index is -0.610. The fraction of sp³-hybridized carbons (Fsp3) is 0.368. The summed E-state index contributed by atoms with van der Waals surface area (Å²) in [5.41, 5.74) is 0.526. The van der Waals surface area contributed by atoms with Crippen molar-refractivity contribution in [2.45, 2.75) is 25.2 Å². The standard InChI is InChI=1S/C19H22N2O4S/c1-13(22)20-14-5-6-16(24-2)15(12-14)21-18(23)19(7-9-25-10-8-19)17-4-3-11-26-17/h3-6,11-12H,7-10H2,1-2H3,(H,20,22)(H,21,23). The van der Waals surface area contributed by atoms with Crippen LogP contribution in [-0.4, -0.2) is 32.1 Å². The van der Waals surface area contributed by atoms with Gasteiger partial charge < -0.3 is 20.1 Å². The summed E-state index contributed by atoms with van der Waals surface area (Å²) in [5, 5.41) is 7.72. The van der Waals surface area contributed by atoms with E-state index in [4.69, 9.17) is 9.47 Å². The Hall–Kier alpha value is -2.38. The van der Waals surface area contributed by atoms with Crippen LogP contribution in [0.3, 0.4) is 0 Å². The van der Waals surface area contributed by atoms with Gasteiger partial charge in [-0.2, -0.15) is 0 Å². The molecule has 0 bridgehead atoms. The van der Waals surface area contributed by atoms with Gasteiger partial charge in [0, 0.05) is 30.7 Å². The number of carbonyl (C=O) groups excluding carboxylic acids is 2. The number of hydrogen-bond donors (Lipinski definition) is 2. The Balaban J connectivity index is 1.91. The molecule has 1 aromatic carbocycles. The Morgan fingerprint density at radius 1 is 1.19 bits per heavy atom. The van der Waals surface area contributed by atoms with Gasteiger partial charge in [-0.25, -0.2) is 0 Å². The normalized spacial score (nSPS) is 15.9. The van der Waals surface area contributed by atoms with E-state index in [-0.39, 0.29) is 11.8 Å². The predicted molar refractivity (Wildman–Crippen MR) is 102 cm³/mol. The van der Waals surface area contributed by atoms with E-state index in [9.17, 15) is 9.59 Å². The lowest BCUT2D eigenvalue weighted by molar-refractivity contribution is -0.125. The first kappa shape index (κ1) is 18.4. The van der Waals surface area contributed by atoms with Crippen LogP contribution in [0.2, 0.25) is 0 Å². The summed E-state index contributed by atoms with van der Waals surface area (Å²) in [4.78, 5) is 25.6. The number of rotatable bonds is 5. The Morgan fingerprint density at radius 3 is 2.58 bits per heavy atom. The van der Waals surface area contributed by atoms with Crippen LogP contribution in [0.1, 0.15) is 24.6 Å². The average Bonchev–Trinajstić information content (AvgIpc) is 3.17. The molecule has 1 fully saturated rings. The van der Waals surface area contributed by atoms with Crippen LogP contribution < -0.4 is 15.4 Å². The van der Waals surface area contributed by atoms with E-state index in [2.05, 4.69) is 10.6 Å². The van der Waals surface area contributed by atoms with Crippen LogP contribution in [0.5, 0.6) is 5.75 Å². The maximum atomic E-state index is 13.3. The first-order valence-corrected chi connectivity index (χ1v) is 9.32. The van der Waals surface area contributed by atoms with Crippen molar-refractivity contribution in [2.24, 2.45) is 0 Å². The van der Waals surface area contributed by atoms with Crippen LogP contribution >= 0.6 is 11.3 Å². The number of thiophene rings is 1. The first-order valence-electron chi connectivity index (χ1n) is 8.44. The average molecular weight is 374 g/mol. The molecule has 0 unspecified atom stereocenters. The second-order valence-electron chi connectivity index (χ2n) is 6.22. The first-order chi connectivity index (χ1) is 12.5. The topological polar surface area (TPSA) is 76.7 Å². The van der Waals surface area contributed by atoms with Crippen molar-refractivity contribution in [3.05, 3.63) is 40.6 Å². The van der Waals surface area contributed by atoms with E-state index in [1.54, 1.807) is 36.6 Å². The Kier molecular flexibility index (Phi) is 5.58. The molecule has 6 nitrogen and oxygen atoms in total. The highest BCUT2D eigenvalue weighted by atomic mass is 32.1. The third-order valence-electron chi connectivity index (χ3n) is 4.54. The number of carbonyl (C=O) groups is 2. The number of ether oxygens (including phenoxy) is 2. The molecule has 138 valence electrons. The number of methoxy groups -OCH3 is 1. The molecular weight excluding hydrogens is 352 g/mol. The van der Waals surface area contributed by atoms with Gasteiger partial charge in [0.2, 0.25) is 11.8 Å². The van der Waals surface area contributed by atoms with Gasteiger partial charge in [-0.3, -0.25) is 9.59 Å². The molecule has 1 aliphatic heterocycles. The minimum absolute atomic E-state index is 0.0819. The molecule has 2 N–H and O–H groups in total. The van der Waals surface area contributed by atoms with Gasteiger partial charge in [-0.1, -0.05) is 6.07 Å². The van der Waals surface area contributed by atoms with Crippen LogP contribution in [0, 0.1) is 0 Å². The molecule has 0 aliphatic carbocycles. The summed E-state index contributed by atoms with van der Waals surface area (Å²) in [7, 11) is 1.55. The highest BCUT2D eigenvalue weighted by Gasteiger charge is 2.42. The van der Waals surface area contributed by atoms with Gasteiger partial charge in [-0.15, -0.1) is 11.3 Å². The zero-order chi connectivity index (χ0) is 18.6. The number of anilines is 2. The lowest BCUT2D eigenvalue weighted by Gasteiger charge is -2.35. The van der Waals surface area contributed by atoms with E-state index in [1.165, 1.54) is 6.92 Å². The zero-order valence-electron chi connectivity index (χ0n) is 14.8. The molecule has 1 aromatic heterocycles. The van der Waals surface area contributed by atoms with E-state index >= 15 is 0 Å². The van der Waals surface area contributed by atoms with Gasteiger partial charge in [-0.05, 0) is 42.5 Å². The largest absolute Gasteiger partial charge is 0.495 e. The van der Waals surface area contributed by atoms with E-state index < -0.39 is 5.41 Å². The van der Waals surface area contributed by atoms with Crippen LogP contribution in [0.15, 0.2) is 35.7 Å². The second-order valence-corrected chi connectivity index (χ2v) is 7.17. The number of amides is 2. The molecule has 1 aliphatic rings. The third-order valence-corrected chi connectivity index (χ3v) is 5.62. The zero-order valence-corrected chi connectivity index (χ0v) is 15.7. The molecule has 2 heterocycles. The van der Waals surface area contributed by atoms with Crippen molar-refractivity contribution in [1.29, 1.82) is 0 Å². The highest BCUT2D eigenvalue weighted by Crippen LogP contribution is 2.39. The van der Waals surface area contributed by atoms with Crippen molar-refractivity contribution in [3.8, 4) is 5.75 Å². The lowest BCUT2D eigenvalue weighted by Crippen LogP contribution is -2.44. The maximum Gasteiger partial charge on any atom is 0.236 e. The van der Waals surface area contributed by atoms with Gasteiger partial charge in [0.05, 0.1) is 18.2 Å². The third kappa shape index (κ3) is 3.73. The monoisotopic (exact) mass is 374 g/mol. The summed E-state index contributed by atoms with van der Waals surface area (Å²) >= 11 is 1.58. The second kappa shape index (κ2) is 7.88. The molecule has 7 heteroatoms. The number of hydrogen-bond acceptors (Lipinski definition) is 5.